The van der Waals surface area contributed by atoms with Gasteiger partial charge in [-0.15, -0.1) is 0 Å². The van der Waals surface area contributed by atoms with E-state index in [0.29, 0.717) is 19.6 Å². The Hall–Kier alpha value is -2.20. The molecule has 0 saturated carbocycles. The zero-order valence-electron chi connectivity index (χ0n) is 13.1. The van der Waals surface area contributed by atoms with Crippen molar-refractivity contribution in [1.29, 1.82) is 0 Å². The minimum atomic E-state index is -0.119. The predicted octanol–water partition coefficient (Wildman–Crippen LogP) is 2.83. The van der Waals surface area contributed by atoms with Gasteiger partial charge in [-0.2, -0.15) is 0 Å². The molecule has 1 aromatic carbocycles. The fourth-order valence-corrected chi connectivity index (χ4v) is 2.20. The predicted molar refractivity (Wildman–Crippen MR) is 86.5 cm³/mol. The Balaban J connectivity index is 1.89. The zero-order chi connectivity index (χ0) is 15.8. The van der Waals surface area contributed by atoms with E-state index >= 15 is 0 Å². The molecule has 0 aliphatic rings. The number of carbonyl (C=O) groups is 1. The smallest absolute Gasteiger partial charge is 0.224 e. The molecule has 0 fully saturated rings. The third-order valence-corrected chi connectivity index (χ3v) is 3.36. The number of hydrogen-bond donors (Lipinski definition) is 1. The van der Waals surface area contributed by atoms with Crippen molar-refractivity contribution in [3.8, 4) is 0 Å². The molecule has 4 heteroatoms. The quantitative estimate of drug-likeness (QED) is 0.855. The minimum absolute atomic E-state index is 0.0220. The lowest BCUT2D eigenvalue weighted by atomic mass is 10.1. The van der Waals surface area contributed by atoms with Gasteiger partial charge in [0.25, 0.3) is 0 Å². The number of aryl methyl sites for hydroxylation is 1. The SMILES string of the molecule is CCOC(CNC(=O)Cc1ccc(C)nc1)c1ccccc1. The van der Waals surface area contributed by atoms with Crippen LogP contribution in [-0.2, 0) is 16.0 Å². The van der Waals surface area contributed by atoms with Gasteiger partial charge in [-0.1, -0.05) is 36.4 Å². The average Bonchev–Trinajstić information content (AvgIpc) is 2.54. The summed E-state index contributed by atoms with van der Waals surface area (Å²) in [5.74, 6) is -0.0220. The Morgan fingerprint density at radius 3 is 2.64 bits per heavy atom. The molecular formula is C18H22N2O2. The average molecular weight is 298 g/mol. The topological polar surface area (TPSA) is 51.2 Å². The van der Waals surface area contributed by atoms with Crippen molar-refractivity contribution in [2.24, 2.45) is 0 Å². The summed E-state index contributed by atoms with van der Waals surface area (Å²) in [6.07, 6.45) is 1.96. The van der Waals surface area contributed by atoms with E-state index in [9.17, 15) is 4.79 Å². The van der Waals surface area contributed by atoms with Crippen LogP contribution in [0.1, 0.15) is 29.8 Å². The second-order valence-corrected chi connectivity index (χ2v) is 5.14. The molecule has 1 heterocycles. The Morgan fingerprint density at radius 2 is 2.00 bits per heavy atom. The standard InChI is InChI=1S/C18H22N2O2/c1-3-22-17(16-7-5-4-6-8-16)13-20-18(21)11-15-10-9-14(2)19-12-15/h4-10,12,17H,3,11,13H2,1-2H3,(H,20,21). The number of hydrogen-bond acceptors (Lipinski definition) is 3. The maximum Gasteiger partial charge on any atom is 0.224 e. The highest BCUT2D eigenvalue weighted by atomic mass is 16.5. The molecule has 1 atom stereocenters. The van der Waals surface area contributed by atoms with Gasteiger partial charge in [0, 0.05) is 25.0 Å². The normalized spacial score (nSPS) is 11.9. The number of nitrogens with one attached hydrogen (secondary N) is 1. The fraction of sp³-hybridized carbons (Fsp3) is 0.333. The van der Waals surface area contributed by atoms with Crippen molar-refractivity contribution in [1.82, 2.24) is 10.3 Å². The van der Waals surface area contributed by atoms with E-state index in [1.165, 1.54) is 0 Å². The van der Waals surface area contributed by atoms with Crippen LogP contribution in [0.3, 0.4) is 0 Å². The third-order valence-electron chi connectivity index (χ3n) is 3.36. The van der Waals surface area contributed by atoms with Gasteiger partial charge in [-0.3, -0.25) is 9.78 Å². The highest BCUT2D eigenvalue weighted by Gasteiger charge is 2.13. The highest BCUT2D eigenvalue weighted by molar-refractivity contribution is 5.78. The van der Waals surface area contributed by atoms with Crippen LogP contribution in [0.5, 0.6) is 0 Å². The van der Waals surface area contributed by atoms with Gasteiger partial charge in [0.1, 0.15) is 0 Å². The Bertz CT molecular complexity index is 582. The van der Waals surface area contributed by atoms with Crippen molar-refractivity contribution < 1.29 is 9.53 Å². The molecule has 0 bridgehead atoms. The lowest BCUT2D eigenvalue weighted by molar-refractivity contribution is -0.121. The molecule has 4 nitrogen and oxygen atoms in total. The van der Waals surface area contributed by atoms with Crippen LogP contribution in [0.4, 0.5) is 0 Å². The summed E-state index contributed by atoms with van der Waals surface area (Å²) in [4.78, 5) is 16.2. The largest absolute Gasteiger partial charge is 0.372 e. The molecule has 0 aliphatic carbocycles. The first-order chi connectivity index (χ1) is 10.7. The fourth-order valence-electron chi connectivity index (χ4n) is 2.20. The van der Waals surface area contributed by atoms with Crippen LogP contribution in [-0.4, -0.2) is 24.0 Å². The number of amides is 1. The van der Waals surface area contributed by atoms with Gasteiger partial charge in [-0.05, 0) is 31.0 Å². The monoisotopic (exact) mass is 298 g/mol. The maximum absolute atomic E-state index is 12.0. The summed E-state index contributed by atoms with van der Waals surface area (Å²) in [5.41, 5.74) is 2.93. The van der Waals surface area contributed by atoms with Gasteiger partial charge in [0.15, 0.2) is 0 Å². The first-order valence-corrected chi connectivity index (χ1v) is 7.54. The molecule has 0 radical (unpaired) electrons. The molecule has 2 aromatic rings. The number of ether oxygens (including phenoxy) is 1. The summed E-state index contributed by atoms with van der Waals surface area (Å²) >= 11 is 0. The van der Waals surface area contributed by atoms with Crippen LogP contribution < -0.4 is 5.32 Å². The van der Waals surface area contributed by atoms with E-state index in [1.807, 2.05) is 56.3 Å². The first kappa shape index (κ1) is 16.2. The van der Waals surface area contributed by atoms with E-state index in [4.69, 9.17) is 4.74 Å². The highest BCUT2D eigenvalue weighted by Crippen LogP contribution is 2.16. The van der Waals surface area contributed by atoms with Crippen molar-refractivity contribution >= 4 is 5.91 Å². The maximum atomic E-state index is 12.0. The van der Waals surface area contributed by atoms with E-state index in [2.05, 4.69) is 10.3 Å². The molecular weight excluding hydrogens is 276 g/mol. The van der Waals surface area contributed by atoms with Gasteiger partial charge in [0.2, 0.25) is 5.91 Å². The van der Waals surface area contributed by atoms with Crippen molar-refractivity contribution in [3.63, 3.8) is 0 Å². The van der Waals surface area contributed by atoms with Crippen molar-refractivity contribution in [3.05, 3.63) is 65.5 Å². The first-order valence-electron chi connectivity index (χ1n) is 7.54. The molecule has 2 rings (SSSR count). The number of pyridine rings is 1. The summed E-state index contributed by atoms with van der Waals surface area (Å²) in [5, 5.41) is 2.94. The van der Waals surface area contributed by atoms with Crippen LogP contribution in [0.25, 0.3) is 0 Å². The molecule has 116 valence electrons. The zero-order valence-corrected chi connectivity index (χ0v) is 13.1. The number of nitrogens with zero attached hydrogens (tertiary/aromatic N) is 1. The molecule has 1 amide bonds. The van der Waals surface area contributed by atoms with Crippen molar-refractivity contribution in [2.75, 3.05) is 13.2 Å². The van der Waals surface area contributed by atoms with Gasteiger partial charge >= 0.3 is 0 Å². The van der Waals surface area contributed by atoms with Crippen LogP contribution in [0.15, 0.2) is 48.7 Å². The molecule has 0 saturated heterocycles. The van der Waals surface area contributed by atoms with Gasteiger partial charge in [-0.25, -0.2) is 0 Å². The number of benzene rings is 1. The summed E-state index contributed by atoms with van der Waals surface area (Å²) in [6.45, 7) is 4.96. The van der Waals surface area contributed by atoms with E-state index in [0.717, 1.165) is 16.8 Å². The van der Waals surface area contributed by atoms with Crippen LogP contribution in [0, 0.1) is 6.92 Å². The second-order valence-electron chi connectivity index (χ2n) is 5.14. The molecule has 1 N–H and O–H groups in total. The number of aromatic nitrogens is 1. The molecule has 0 spiro atoms. The number of rotatable bonds is 7. The van der Waals surface area contributed by atoms with Crippen molar-refractivity contribution in [2.45, 2.75) is 26.4 Å². The molecule has 1 aromatic heterocycles. The summed E-state index contributed by atoms with van der Waals surface area (Å²) in [7, 11) is 0. The summed E-state index contributed by atoms with van der Waals surface area (Å²) in [6, 6.07) is 13.8. The van der Waals surface area contributed by atoms with E-state index in [1.54, 1.807) is 6.20 Å². The Morgan fingerprint density at radius 1 is 1.23 bits per heavy atom. The molecule has 1 unspecified atom stereocenters. The number of carbonyl (C=O) groups excluding carboxylic acids is 1. The minimum Gasteiger partial charge on any atom is -0.372 e. The Kier molecular flexibility index (Phi) is 6.10. The van der Waals surface area contributed by atoms with E-state index in [-0.39, 0.29) is 12.0 Å². The van der Waals surface area contributed by atoms with Crippen LogP contribution in [0.2, 0.25) is 0 Å². The Labute approximate surface area is 131 Å². The van der Waals surface area contributed by atoms with Gasteiger partial charge in [0.05, 0.1) is 12.5 Å². The van der Waals surface area contributed by atoms with Gasteiger partial charge < -0.3 is 10.1 Å². The van der Waals surface area contributed by atoms with E-state index < -0.39 is 0 Å². The summed E-state index contributed by atoms with van der Waals surface area (Å²) < 4.78 is 5.72. The third kappa shape index (κ3) is 4.97. The molecule has 22 heavy (non-hydrogen) atoms. The molecule has 0 aliphatic heterocycles. The second kappa shape index (κ2) is 8.29. The van der Waals surface area contributed by atoms with Crippen LogP contribution >= 0.6 is 0 Å². The lowest BCUT2D eigenvalue weighted by Crippen LogP contribution is -2.30. The lowest BCUT2D eigenvalue weighted by Gasteiger charge is -2.18.